The third kappa shape index (κ3) is 4.04. The number of hydrogen-bond donors (Lipinski definition) is 1. The van der Waals surface area contributed by atoms with E-state index >= 15 is 0 Å². The number of rotatable bonds is 5. The van der Waals surface area contributed by atoms with E-state index < -0.39 is 44.8 Å². The summed E-state index contributed by atoms with van der Waals surface area (Å²) in [4.78, 5) is 9.18. The van der Waals surface area contributed by atoms with E-state index in [0.29, 0.717) is 6.07 Å². The fourth-order valence-electron chi connectivity index (χ4n) is 1.56. The number of nitro benzene ring substituents is 1. The molecule has 118 valence electrons. The Bertz CT molecular complexity index is 645. The van der Waals surface area contributed by atoms with Crippen molar-refractivity contribution in [1.82, 2.24) is 4.31 Å². The summed E-state index contributed by atoms with van der Waals surface area (Å²) in [5, 5.41) is 10.7. The van der Waals surface area contributed by atoms with Gasteiger partial charge >= 0.3 is 6.18 Å². The molecule has 1 aromatic carbocycles. The number of anilines is 1. The lowest BCUT2D eigenvalue weighted by atomic mass is 10.3. The van der Waals surface area contributed by atoms with Crippen LogP contribution in [0.5, 0.6) is 0 Å². The molecule has 0 fully saturated rings. The van der Waals surface area contributed by atoms with Crippen LogP contribution in [0, 0.1) is 10.1 Å². The van der Waals surface area contributed by atoms with Gasteiger partial charge in [0, 0.05) is 12.6 Å². The Morgan fingerprint density at radius 1 is 1.38 bits per heavy atom. The van der Waals surface area contributed by atoms with Gasteiger partial charge in [-0.15, -0.1) is 0 Å². The van der Waals surface area contributed by atoms with Crippen LogP contribution in [0.1, 0.15) is 6.92 Å². The smallest absolute Gasteiger partial charge is 0.393 e. The van der Waals surface area contributed by atoms with Gasteiger partial charge < -0.3 is 5.73 Å². The third-order valence-electron chi connectivity index (χ3n) is 2.54. The van der Waals surface area contributed by atoms with Crippen molar-refractivity contribution in [2.75, 3.05) is 18.8 Å². The molecule has 0 saturated heterocycles. The topological polar surface area (TPSA) is 107 Å². The molecular formula is C10H12F3N3O4S. The van der Waals surface area contributed by atoms with Crippen LogP contribution in [0.3, 0.4) is 0 Å². The second-order valence-electron chi connectivity index (χ2n) is 4.02. The fraction of sp³-hybridized carbons (Fsp3) is 0.400. The predicted molar refractivity (Wildman–Crippen MR) is 68.0 cm³/mol. The van der Waals surface area contributed by atoms with Crippen LogP contribution in [-0.2, 0) is 10.0 Å². The first kappa shape index (κ1) is 17.2. The van der Waals surface area contributed by atoms with Crippen LogP contribution in [0.2, 0.25) is 0 Å². The van der Waals surface area contributed by atoms with Crippen LogP contribution in [0.15, 0.2) is 23.1 Å². The third-order valence-corrected chi connectivity index (χ3v) is 4.46. The zero-order chi connectivity index (χ0) is 16.4. The van der Waals surface area contributed by atoms with Crippen molar-refractivity contribution in [2.24, 2.45) is 0 Å². The molecule has 0 atom stereocenters. The van der Waals surface area contributed by atoms with Crippen LogP contribution < -0.4 is 5.73 Å². The number of halogens is 3. The molecular weight excluding hydrogens is 315 g/mol. The second-order valence-corrected chi connectivity index (χ2v) is 5.96. The van der Waals surface area contributed by atoms with Gasteiger partial charge in [0.1, 0.15) is 12.2 Å². The molecule has 0 aliphatic carbocycles. The molecule has 7 nitrogen and oxygen atoms in total. The maximum absolute atomic E-state index is 12.4. The number of alkyl halides is 3. The number of nitrogen functional groups attached to an aromatic ring is 1. The minimum absolute atomic E-state index is 0.183. The molecule has 11 heteroatoms. The van der Waals surface area contributed by atoms with E-state index in [0.717, 1.165) is 12.1 Å². The van der Waals surface area contributed by atoms with Crippen molar-refractivity contribution in [3.05, 3.63) is 28.3 Å². The first-order valence-corrected chi connectivity index (χ1v) is 7.04. The quantitative estimate of drug-likeness (QED) is 0.504. The monoisotopic (exact) mass is 327 g/mol. The maximum Gasteiger partial charge on any atom is 0.402 e. The van der Waals surface area contributed by atoms with Crippen LogP contribution >= 0.6 is 0 Å². The van der Waals surface area contributed by atoms with Gasteiger partial charge in [-0.3, -0.25) is 10.1 Å². The lowest BCUT2D eigenvalue weighted by molar-refractivity contribution is -0.384. The van der Waals surface area contributed by atoms with Gasteiger partial charge in [0.2, 0.25) is 10.0 Å². The summed E-state index contributed by atoms with van der Waals surface area (Å²) in [5.41, 5.74) is 4.35. The van der Waals surface area contributed by atoms with Crippen LogP contribution in [-0.4, -0.2) is 36.9 Å². The predicted octanol–water partition coefficient (Wildman–Crippen LogP) is 1.75. The highest BCUT2D eigenvalue weighted by Crippen LogP contribution is 2.28. The lowest BCUT2D eigenvalue weighted by Gasteiger charge is -2.21. The summed E-state index contributed by atoms with van der Waals surface area (Å²) in [6.07, 6.45) is -4.72. The number of sulfonamides is 1. The summed E-state index contributed by atoms with van der Waals surface area (Å²) in [6, 6.07) is 2.53. The van der Waals surface area contributed by atoms with Crippen molar-refractivity contribution in [2.45, 2.75) is 18.0 Å². The number of benzene rings is 1. The van der Waals surface area contributed by atoms with Crippen molar-refractivity contribution in [3.63, 3.8) is 0 Å². The molecule has 0 aliphatic rings. The van der Waals surface area contributed by atoms with E-state index in [4.69, 9.17) is 5.73 Å². The Morgan fingerprint density at radius 3 is 2.38 bits per heavy atom. The van der Waals surface area contributed by atoms with Crippen molar-refractivity contribution in [3.8, 4) is 0 Å². The van der Waals surface area contributed by atoms with E-state index in [1.165, 1.54) is 6.92 Å². The second kappa shape index (κ2) is 5.85. The highest BCUT2D eigenvalue weighted by molar-refractivity contribution is 7.89. The SMILES string of the molecule is CCN(CC(F)(F)F)S(=O)(=O)c1ccc(N)c([N+](=O)[O-])c1. The zero-order valence-electron chi connectivity index (χ0n) is 10.8. The standard InChI is InChI=1S/C10H12F3N3O4S/c1-2-15(6-10(11,12)13)21(19,20)7-3-4-8(14)9(5-7)16(17)18/h3-5H,2,6,14H2,1H3. The van der Waals surface area contributed by atoms with Gasteiger partial charge in [0.15, 0.2) is 0 Å². The summed E-state index contributed by atoms with van der Waals surface area (Å²) in [6.45, 7) is -0.876. The molecule has 0 aliphatic heterocycles. The van der Waals surface area contributed by atoms with Crippen molar-refractivity contribution >= 4 is 21.4 Å². The summed E-state index contributed by atoms with van der Waals surface area (Å²) in [5.74, 6) is 0. The molecule has 0 amide bonds. The summed E-state index contributed by atoms with van der Waals surface area (Å²) in [7, 11) is -4.50. The Morgan fingerprint density at radius 2 is 1.95 bits per heavy atom. The first-order chi connectivity index (χ1) is 9.49. The molecule has 1 rings (SSSR count). The maximum atomic E-state index is 12.4. The van der Waals surface area contributed by atoms with Crippen LogP contribution in [0.4, 0.5) is 24.5 Å². The average Bonchev–Trinajstić information content (AvgIpc) is 2.34. The summed E-state index contributed by atoms with van der Waals surface area (Å²) >= 11 is 0. The minimum Gasteiger partial charge on any atom is -0.393 e. The molecule has 0 radical (unpaired) electrons. The van der Waals surface area contributed by atoms with E-state index in [1.54, 1.807) is 0 Å². The normalized spacial score (nSPS) is 12.6. The van der Waals surface area contributed by atoms with Crippen LogP contribution in [0.25, 0.3) is 0 Å². The molecule has 0 spiro atoms. The molecule has 0 unspecified atom stereocenters. The van der Waals surface area contributed by atoms with E-state index in [1.807, 2.05) is 0 Å². The Balaban J connectivity index is 3.29. The molecule has 2 N–H and O–H groups in total. The highest BCUT2D eigenvalue weighted by atomic mass is 32.2. The average molecular weight is 327 g/mol. The molecule has 0 saturated carbocycles. The number of hydrogen-bond acceptors (Lipinski definition) is 5. The minimum atomic E-state index is -4.72. The Labute approximate surface area is 118 Å². The van der Waals surface area contributed by atoms with Gasteiger partial charge in [-0.05, 0) is 12.1 Å². The summed E-state index contributed by atoms with van der Waals surface area (Å²) < 4.78 is 61.5. The molecule has 0 aromatic heterocycles. The van der Waals surface area contributed by atoms with Crippen molar-refractivity contribution in [1.29, 1.82) is 0 Å². The Hall–Kier alpha value is -1.88. The van der Waals surface area contributed by atoms with Gasteiger partial charge in [0.25, 0.3) is 5.69 Å². The fourth-order valence-corrected chi connectivity index (χ4v) is 3.01. The van der Waals surface area contributed by atoms with Gasteiger partial charge in [-0.2, -0.15) is 17.5 Å². The van der Waals surface area contributed by atoms with Crippen molar-refractivity contribution < 1.29 is 26.5 Å². The first-order valence-electron chi connectivity index (χ1n) is 5.60. The van der Waals surface area contributed by atoms with E-state index in [-0.39, 0.29) is 9.99 Å². The largest absolute Gasteiger partial charge is 0.402 e. The molecule has 0 heterocycles. The Kier molecular flexibility index (Phi) is 4.79. The lowest BCUT2D eigenvalue weighted by Crippen LogP contribution is -2.38. The number of nitrogens with zero attached hydrogens (tertiary/aromatic N) is 2. The highest BCUT2D eigenvalue weighted by Gasteiger charge is 2.36. The molecule has 21 heavy (non-hydrogen) atoms. The van der Waals surface area contributed by atoms with E-state index in [2.05, 4.69) is 0 Å². The zero-order valence-corrected chi connectivity index (χ0v) is 11.6. The van der Waals surface area contributed by atoms with Gasteiger partial charge in [-0.25, -0.2) is 8.42 Å². The van der Waals surface area contributed by atoms with E-state index in [9.17, 15) is 31.7 Å². The molecule has 1 aromatic rings. The number of nitrogens with two attached hydrogens (primary N) is 1. The van der Waals surface area contributed by atoms with Gasteiger partial charge in [-0.1, -0.05) is 6.92 Å². The number of nitro groups is 1. The van der Waals surface area contributed by atoms with Gasteiger partial charge in [0.05, 0.1) is 9.82 Å². The molecule has 0 bridgehead atoms.